The molecule has 0 aromatic heterocycles. The Balaban J connectivity index is 3.64. The van der Waals surface area contributed by atoms with Crippen molar-refractivity contribution in [2.45, 2.75) is 12.8 Å². The van der Waals surface area contributed by atoms with Crippen molar-refractivity contribution >= 4 is 20.2 Å². The summed E-state index contributed by atoms with van der Waals surface area (Å²) in [7, 11) is -7.30. The fraction of sp³-hybridized carbons (Fsp3) is 0.500. The molecule has 0 unspecified atom stereocenters. The topological polar surface area (TPSA) is 86.7 Å². The van der Waals surface area contributed by atoms with Crippen LogP contribution in [0.1, 0.15) is 12.8 Å². The van der Waals surface area contributed by atoms with Crippen molar-refractivity contribution in [3.05, 3.63) is 24.0 Å². The van der Waals surface area contributed by atoms with Crippen molar-refractivity contribution in [1.29, 1.82) is 0 Å². The Morgan fingerprint density at radius 3 is 1.38 bits per heavy atom. The van der Waals surface area contributed by atoms with Crippen molar-refractivity contribution in [1.82, 2.24) is 0 Å². The molecule has 0 saturated heterocycles. The van der Waals surface area contributed by atoms with E-state index in [1.165, 1.54) is 0 Å². The predicted octanol–water partition coefficient (Wildman–Crippen LogP) is 0.746. The van der Waals surface area contributed by atoms with E-state index < -0.39 is 20.2 Å². The minimum atomic E-state index is -3.65. The first-order valence-electron chi connectivity index (χ1n) is 4.37. The molecule has 0 radical (unpaired) electrons. The summed E-state index contributed by atoms with van der Waals surface area (Å²) >= 11 is 0. The van der Waals surface area contributed by atoms with Crippen LogP contribution in [-0.4, -0.2) is 30.0 Å². The maximum atomic E-state index is 10.8. The van der Waals surface area contributed by atoms with Crippen molar-refractivity contribution in [3.63, 3.8) is 0 Å². The van der Waals surface area contributed by atoms with Gasteiger partial charge < -0.3 is 0 Å². The zero-order valence-electron chi connectivity index (χ0n) is 8.66. The molecular weight excluding hydrogens is 256 g/mol. The number of hydrogen-bond acceptors (Lipinski definition) is 6. The van der Waals surface area contributed by atoms with Gasteiger partial charge in [0.05, 0.1) is 24.0 Å². The monoisotopic (exact) mass is 270 g/mol. The lowest BCUT2D eigenvalue weighted by atomic mass is 10.3. The SMILES string of the molecule is C=CS(=O)(=O)OCCCCOS(=O)(=O)C=C. The van der Waals surface area contributed by atoms with Gasteiger partial charge in [-0.25, -0.2) is 0 Å². The van der Waals surface area contributed by atoms with Gasteiger partial charge in [0.25, 0.3) is 20.2 Å². The lowest BCUT2D eigenvalue weighted by Gasteiger charge is -2.02. The van der Waals surface area contributed by atoms with Gasteiger partial charge in [-0.15, -0.1) is 0 Å². The van der Waals surface area contributed by atoms with E-state index >= 15 is 0 Å². The standard InChI is InChI=1S/C8H14O6S2/c1-3-15(9,10)13-7-5-6-8-14-16(11,12)4-2/h3-4H,1-2,5-8H2. The molecule has 0 bridgehead atoms. The van der Waals surface area contributed by atoms with E-state index in [1.54, 1.807) is 0 Å². The van der Waals surface area contributed by atoms with E-state index in [1.807, 2.05) is 0 Å². The highest BCUT2D eigenvalue weighted by molar-refractivity contribution is 7.89. The van der Waals surface area contributed by atoms with Crippen LogP contribution in [0.2, 0.25) is 0 Å². The van der Waals surface area contributed by atoms with E-state index in [9.17, 15) is 16.8 Å². The van der Waals surface area contributed by atoms with Gasteiger partial charge in [-0.05, 0) is 12.8 Å². The third-order valence-electron chi connectivity index (χ3n) is 1.44. The summed E-state index contributed by atoms with van der Waals surface area (Å²) in [5, 5.41) is 1.40. The van der Waals surface area contributed by atoms with Gasteiger partial charge in [-0.3, -0.25) is 8.37 Å². The van der Waals surface area contributed by atoms with E-state index in [0.717, 1.165) is 0 Å². The lowest BCUT2D eigenvalue weighted by Crippen LogP contribution is -2.06. The normalized spacial score (nSPS) is 12.2. The molecule has 0 aliphatic rings. The van der Waals surface area contributed by atoms with Crippen LogP contribution in [0.5, 0.6) is 0 Å². The molecule has 0 rings (SSSR count). The summed E-state index contributed by atoms with van der Waals surface area (Å²) in [5.74, 6) is 0. The molecule has 0 saturated carbocycles. The summed E-state index contributed by atoms with van der Waals surface area (Å²) in [6.45, 7) is 6.05. The second-order valence-electron chi connectivity index (χ2n) is 2.67. The fourth-order valence-electron chi connectivity index (χ4n) is 0.651. The highest BCUT2D eigenvalue weighted by Gasteiger charge is 2.05. The molecule has 0 atom stereocenters. The Hall–Kier alpha value is -0.700. The van der Waals surface area contributed by atoms with Crippen molar-refractivity contribution in [2.24, 2.45) is 0 Å². The van der Waals surface area contributed by atoms with Gasteiger partial charge in [-0.2, -0.15) is 16.8 Å². The van der Waals surface area contributed by atoms with Gasteiger partial charge in [0.2, 0.25) is 0 Å². The van der Waals surface area contributed by atoms with Crippen LogP contribution in [0.3, 0.4) is 0 Å². The second-order valence-corrected chi connectivity index (χ2v) is 5.78. The summed E-state index contributed by atoms with van der Waals surface area (Å²) in [6.07, 6.45) is 0.722. The molecule has 0 spiro atoms. The zero-order chi connectivity index (χ0) is 12.7. The van der Waals surface area contributed by atoms with Crippen molar-refractivity contribution < 1.29 is 25.2 Å². The van der Waals surface area contributed by atoms with Gasteiger partial charge >= 0.3 is 0 Å². The average Bonchev–Trinajstić information content (AvgIpc) is 2.23. The first-order valence-corrected chi connectivity index (χ1v) is 7.31. The van der Waals surface area contributed by atoms with Crippen molar-refractivity contribution in [2.75, 3.05) is 13.2 Å². The molecule has 0 N–H and O–H groups in total. The van der Waals surface area contributed by atoms with Crippen LogP contribution in [0.25, 0.3) is 0 Å². The molecule has 0 aliphatic carbocycles. The van der Waals surface area contributed by atoms with Crippen LogP contribution in [0.4, 0.5) is 0 Å². The summed E-state index contributed by atoms with van der Waals surface area (Å²) in [5.41, 5.74) is 0. The quantitative estimate of drug-likeness (QED) is 0.454. The molecule has 0 heterocycles. The zero-order valence-corrected chi connectivity index (χ0v) is 10.3. The van der Waals surface area contributed by atoms with E-state index in [-0.39, 0.29) is 13.2 Å². The highest BCUT2D eigenvalue weighted by atomic mass is 32.2. The highest BCUT2D eigenvalue weighted by Crippen LogP contribution is 2.00. The van der Waals surface area contributed by atoms with E-state index in [2.05, 4.69) is 21.5 Å². The maximum Gasteiger partial charge on any atom is 0.289 e. The maximum absolute atomic E-state index is 10.8. The molecule has 16 heavy (non-hydrogen) atoms. The summed E-state index contributed by atoms with van der Waals surface area (Å²) in [4.78, 5) is 0. The largest absolute Gasteiger partial charge is 0.289 e. The average molecular weight is 270 g/mol. The molecule has 0 amide bonds. The molecule has 0 aromatic rings. The predicted molar refractivity (Wildman–Crippen MR) is 59.4 cm³/mol. The molecule has 0 fully saturated rings. The molecule has 94 valence electrons. The number of rotatable bonds is 9. The van der Waals surface area contributed by atoms with E-state index in [0.29, 0.717) is 23.7 Å². The smallest absolute Gasteiger partial charge is 0.267 e. The molecule has 0 aromatic carbocycles. The Bertz CT molecular complexity index is 377. The third-order valence-corrected chi connectivity index (χ3v) is 3.25. The molecule has 0 aliphatic heterocycles. The second kappa shape index (κ2) is 6.79. The number of hydrogen-bond donors (Lipinski definition) is 0. The first-order chi connectivity index (χ1) is 7.33. The Labute approximate surface area is 95.8 Å². The van der Waals surface area contributed by atoms with Crippen molar-refractivity contribution in [3.8, 4) is 0 Å². The minimum Gasteiger partial charge on any atom is -0.267 e. The van der Waals surface area contributed by atoms with Gasteiger partial charge in [-0.1, -0.05) is 13.2 Å². The molecular formula is C8H14O6S2. The Kier molecular flexibility index (Phi) is 6.49. The molecule has 6 nitrogen and oxygen atoms in total. The van der Waals surface area contributed by atoms with Crippen LogP contribution in [-0.2, 0) is 28.6 Å². The fourth-order valence-corrected chi connectivity index (χ4v) is 1.54. The third kappa shape index (κ3) is 7.57. The van der Waals surface area contributed by atoms with Gasteiger partial charge in [0, 0.05) is 0 Å². The first kappa shape index (κ1) is 15.3. The Morgan fingerprint density at radius 1 is 0.812 bits per heavy atom. The van der Waals surface area contributed by atoms with Crippen LogP contribution in [0, 0.1) is 0 Å². The minimum absolute atomic E-state index is 0.0359. The van der Waals surface area contributed by atoms with Crippen LogP contribution < -0.4 is 0 Å². The van der Waals surface area contributed by atoms with Gasteiger partial charge in [0.15, 0.2) is 0 Å². The van der Waals surface area contributed by atoms with Crippen LogP contribution in [0.15, 0.2) is 24.0 Å². The number of unbranched alkanes of at least 4 members (excludes halogenated alkanes) is 1. The van der Waals surface area contributed by atoms with Crippen LogP contribution >= 0.6 is 0 Å². The Morgan fingerprint density at radius 2 is 1.12 bits per heavy atom. The molecule has 8 heteroatoms. The summed E-state index contributed by atoms with van der Waals surface area (Å²) < 4.78 is 52.0. The van der Waals surface area contributed by atoms with Gasteiger partial charge in [0.1, 0.15) is 0 Å². The lowest BCUT2D eigenvalue weighted by molar-refractivity contribution is 0.275. The summed E-state index contributed by atoms with van der Waals surface area (Å²) in [6, 6.07) is 0. The van der Waals surface area contributed by atoms with E-state index in [4.69, 9.17) is 0 Å².